The summed E-state index contributed by atoms with van der Waals surface area (Å²) in [5, 5.41) is 105. The standard InChI is InChI=1S/4C11H9N2O2.2C2H4O2.2ClHO4.4Co.2H2O/c4*14-11(15,9-5-1-3-7-12-9)10-6-2-4-8-13-10;2*1-2(3)4;2*2-1(3,4)5;;;;;;/h4*1-8,14H;2*1H3,(H,3,4);2*(H,2,3,4,5);;;;;2*1H2/q4*-1;;;;;4*+2;;/p-2. The zero-order chi connectivity index (χ0) is 59.1. The quantitative estimate of drug-likeness (QED) is 0.0810. The van der Waals surface area contributed by atoms with Gasteiger partial charge in [0.05, 0.1) is 68.7 Å². The largest absolute Gasteiger partial charge is 2.00 e. The molecule has 0 saturated heterocycles. The number of halogens is 2. The van der Waals surface area contributed by atoms with Crippen molar-refractivity contribution in [2.75, 3.05) is 0 Å². The van der Waals surface area contributed by atoms with Crippen molar-refractivity contribution in [1.29, 1.82) is 0 Å². The molecule has 0 atom stereocenters. The summed E-state index contributed by atoms with van der Waals surface area (Å²) in [6.07, 6.45) is 11.7. The van der Waals surface area contributed by atoms with Crippen LogP contribution in [0.25, 0.3) is 0 Å². The first kappa shape index (κ1) is 89.2. The fourth-order valence-electron chi connectivity index (χ4n) is 5.03. The molecule has 0 aliphatic heterocycles. The molecule has 8 aromatic heterocycles. The van der Waals surface area contributed by atoms with Gasteiger partial charge in [-0.3, -0.25) is 39.9 Å². The monoisotopic (exact) mass is 1390 g/mol. The molecule has 0 aromatic carbocycles. The molecule has 4 radical (unpaired) electrons. The van der Waals surface area contributed by atoms with Gasteiger partial charge in [-0.1, -0.05) is 48.5 Å². The van der Waals surface area contributed by atoms with Crippen LogP contribution < -0.4 is 67.9 Å². The third-order valence-electron chi connectivity index (χ3n) is 8.10. The minimum absolute atomic E-state index is 0. The van der Waals surface area contributed by atoms with Crippen LogP contribution in [0.3, 0.4) is 0 Å². The van der Waals surface area contributed by atoms with Gasteiger partial charge in [-0.25, -0.2) is 37.3 Å². The number of carboxylic acid groups (broad SMARTS) is 2. The molecule has 0 fully saturated rings. The van der Waals surface area contributed by atoms with Gasteiger partial charge in [0.25, 0.3) is 0 Å². The molecule has 36 heteroatoms. The summed E-state index contributed by atoms with van der Waals surface area (Å²) in [7, 11) is -9.89. The molecule has 0 saturated carbocycles. The number of nitrogens with zero attached hydrogens (tertiary/aromatic N) is 8. The number of carbonyl (C=O) groups excluding carboxylic acids is 2. The van der Waals surface area contributed by atoms with Crippen molar-refractivity contribution in [3.63, 3.8) is 0 Å². The summed E-state index contributed by atoms with van der Waals surface area (Å²) >= 11 is 0. The number of carboxylic acids is 2. The maximum Gasteiger partial charge on any atom is 2.00 e. The zero-order valence-corrected chi connectivity index (χ0v) is 48.3. The third kappa shape index (κ3) is 38.1. The molecule has 84 heavy (non-hydrogen) atoms. The average molecular weight is 1400 g/mol. The van der Waals surface area contributed by atoms with Crippen LogP contribution in [0.1, 0.15) is 59.4 Å². The van der Waals surface area contributed by atoms with Gasteiger partial charge in [-0.2, -0.15) is 0 Å². The summed E-state index contributed by atoms with van der Waals surface area (Å²) in [6.45, 7) is 1.94. The Morgan fingerprint density at radius 3 is 0.452 bits per heavy atom. The predicted octanol–water partition coefficient (Wildman–Crippen LogP) is -13.7. The van der Waals surface area contributed by atoms with E-state index in [0.29, 0.717) is 0 Å². The minimum Gasteiger partial charge on any atom is -0.819 e. The Bertz CT molecular complexity index is 2330. The van der Waals surface area contributed by atoms with Gasteiger partial charge in [0.1, 0.15) is 0 Å². The van der Waals surface area contributed by atoms with Crippen molar-refractivity contribution < 1.29 is 196 Å². The fourth-order valence-corrected chi connectivity index (χ4v) is 5.03. The fraction of sp³-hybridized carbons (Fsp3) is 0.125. The Hall–Kier alpha value is -5.97. The molecule has 460 valence electrons. The van der Waals surface area contributed by atoms with Gasteiger partial charge in [0, 0.05) is 61.5 Å². The molecule has 10 N–H and O–H groups in total. The van der Waals surface area contributed by atoms with E-state index in [4.69, 9.17) is 57.1 Å². The summed E-state index contributed by atoms with van der Waals surface area (Å²) in [5.41, 5.74) is 0.361. The maximum atomic E-state index is 11.9. The Kier molecular flexibility index (Phi) is 47.3. The number of carbonyl (C=O) groups is 2. The first-order chi connectivity index (χ1) is 36.3. The van der Waals surface area contributed by atoms with Crippen molar-refractivity contribution in [2.45, 2.75) is 37.0 Å². The van der Waals surface area contributed by atoms with Crippen molar-refractivity contribution in [3.05, 3.63) is 241 Å². The zero-order valence-electron chi connectivity index (χ0n) is 42.6. The van der Waals surface area contributed by atoms with Crippen LogP contribution in [-0.2, 0) is 111 Å². The van der Waals surface area contributed by atoms with Crippen LogP contribution in [-0.4, -0.2) is 72.2 Å². The number of aromatic nitrogens is 8. The second kappa shape index (κ2) is 44.5. The van der Waals surface area contributed by atoms with E-state index in [2.05, 4.69) is 39.9 Å². The molecule has 8 aromatic rings. The Morgan fingerprint density at radius 1 is 0.310 bits per heavy atom. The summed E-state index contributed by atoms with van der Waals surface area (Å²) in [4.78, 5) is 48.4. The van der Waals surface area contributed by atoms with E-state index in [1.807, 2.05) is 0 Å². The van der Waals surface area contributed by atoms with Gasteiger partial charge < -0.3 is 71.6 Å². The average Bonchev–Trinajstić information content (AvgIpc) is 3.40. The molecular formula is C48H48Cl2Co4N8O22+2. The van der Waals surface area contributed by atoms with Gasteiger partial charge in [-0.15, -0.1) is 20.5 Å². The Morgan fingerprint density at radius 2 is 0.393 bits per heavy atom. The number of pyridine rings is 8. The molecular weight excluding hydrogens is 1350 g/mol. The minimum atomic E-state index is -4.94. The topological polar surface area (TPSA) is 607 Å². The van der Waals surface area contributed by atoms with Crippen molar-refractivity contribution in [3.8, 4) is 0 Å². The van der Waals surface area contributed by atoms with Gasteiger partial charge in [0.2, 0.25) is 0 Å². The number of hydrogen-bond acceptors (Lipinski definition) is 28. The summed E-state index contributed by atoms with van der Waals surface area (Å²) in [6, 6.07) is 38.4. The van der Waals surface area contributed by atoms with E-state index in [9.17, 15) is 40.9 Å². The third-order valence-corrected chi connectivity index (χ3v) is 8.10. The second-order valence-corrected chi connectivity index (χ2v) is 15.5. The molecule has 0 unspecified atom stereocenters. The van der Waals surface area contributed by atoms with Crippen LogP contribution in [0.4, 0.5) is 0 Å². The number of hydrogen-bond donors (Lipinski definition) is 4. The maximum absolute atomic E-state index is 11.9. The molecule has 8 rings (SSSR count). The van der Waals surface area contributed by atoms with E-state index in [0.717, 1.165) is 13.8 Å². The first-order valence-corrected chi connectivity index (χ1v) is 23.4. The van der Waals surface area contributed by atoms with Gasteiger partial charge in [-0.05, 0) is 111 Å². The molecule has 0 aliphatic rings. The van der Waals surface area contributed by atoms with Gasteiger partial charge in [0.15, 0.2) is 0 Å². The van der Waals surface area contributed by atoms with Crippen molar-refractivity contribution in [1.82, 2.24) is 39.9 Å². The van der Waals surface area contributed by atoms with E-state index >= 15 is 0 Å². The smallest absolute Gasteiger partial charge is 0.819 e. The summed E-state index contributed by atoms with van der Waals surface area (Å²) in [5.74, 6) is -11.7. The normalized spacial score (nSPS) is 10.1. The second-order valence-electron chi connectivity index (χ2n) is 14.0. The van der Waals surface area contributed by atoms with Crippen LogP contribution >= 0.6 is 0 Å². The van der Waals surface area contributed by atoms with Crippen molar-refractivity contribution in [2.24, 2.45) is 0 Å². The number of aliphatic carboxylic acids is 2. The molecule has 30 nitrogen and oxygen atoms in total. The van der Waals surface area contributed by atoms with E-state index < -0.39 is 55.6 Å². The van der Waals surface area contributed by atoms with Crippen LogP contribution in [0.15, 0.2) is 195 Å². The van der Waals surface area contributed by atoms with E-state index in [-0.39, 0.29) is 124 Å². The Labute approximate surface area is 522 Å². The SMILES string of the molecule is CC(=O)[O-].CC(=O)[O-].[Co+2].[Co+2].[Co+2].[Co+2].[O-]C(O)(c1ccccn1)c1ccccn1.[O-]C(O)(c1ccccn1)c1ccccn1.[O-]C(O)(c1ccccn1)c1ccccn1.[O-]C(O)(c1ccccn1)c1ccccn1.[O-][Cl+3]([O-])([O-])[O-].[O-][Cl+3]([O-])([O-])[O-].[OH3+].[OH3+]. The molecule has 0 aliphatic carbocycles. The van der Waals surface area contributed by atoms with Crippen LogP contribution in [0.2, 0.25) is 0 Å². The Balaban J connectivity index is -0.000000215. The van der Waals surface area contributed by atoms with E-state index in [1.165, 1.54) is 98.1 Å². The van der Waals surface area contributed by atoms with Gasteiger partial charge >= 0.3 is 67.1 Å². The first-order valence-electron chi connectivity index (χ1n) is 20.9. The summed E-state index contributed by atoms with van der Waals surface area (Å²) < 4.78 is 67.9. The number of rotatable bonds is 8. The van der Waals surface area contributed by atoms with E-state index in [1.54, 1.807) is 97.1 Å². The van der Waals surface area contributed by atoms with Crippen LogP contribution in [0, 0.1) is 20.5 Å². The predicted molar refractivity (Wildman–Crippen MR) is 237 cm³/mol. The molecule has 0 bridgehead atoms. The molecule has 8 heterocycles. The number of aliphatic hydroxyl groups is 4. The van der Waals surface area contributed by atoms with Crippen molar-refractivity contribution >= 4 is 11.9 Å². The van der Waals surface area contributed by atoms with Crippen LogP contribution in [0.5, 0.6) is 0 Å². The molecule has 0 amide bonds. The molecule has 0 spiro atoms.